The van der Waals surface area contributed by atoms with Crippen LogP contribution in [0.5, 0.6) is 0 Å². The number of aromatic nitrogens is 3. The molecular formula is C28H33N7O3. The van der Waals surface area contributed by atoms with Crippen LogP contribution in [-0.2, 0) is 6.42 Å². The molecule has 5 N–H and O–H groups in total. The van der Waals surface area contributed by atoms with Crippen LogP contribution in [0.15, 0.2) is 42.7 Å². The maximum atomic E-state index is 12.7. The van der Waals surface area contributed by atoms with E-state index in [4.69, 9.17) is 5.73 Å². The van der Waals surface area contributed by atoms with Gasteiger partial charge in [-0.2, -0.15) is 5.10 Å². The number of nitrogens with two attached hydrogens (primary N) is 1. The van der Waals surface area contributed by atoms with Crippen LogP contribution in [0, 0.1) is 6.92 Å². The van der Waals surface area contributed by atoms with Gasteiger partial charge in [0, 0.05) is 47.7 Å². The second-order valence-corrected chi connectivity index (χ2v) is 10.8. The van der Waals surface area contributed by atoms with E-state index in [1.54, 1.807) is 35.3 Å². The molecule has 0 spiro atoms. The highest BCUT2D eigenvalue weighted by Crippen LogP contribution is 2.30. The van der Waals surface area contributed by atoms with Crippen molar-refractivity contribution in [1.29, 1.82) is 0 Å². The van der Waals surface area contributed by atoms with Crippen molar-refractivity contribution >= 4 is 23.4 Å². The van der Waals surface area contributed by atoms with E-state index in [0.29, 0.717) is 34.5 Å². The number of nitrogens with zero attached hydrogens (tertiary/aromatic N) is 3. The van der Waals surface area contributed by atoms with E-state index in [2.05, 4.69) is 26.0 Å². The predicted octanol–water partition coefficient (Wildman–Crippen LogP) is 2.89. The Bertz CT molecular complexity index is 1390. The van der Waals surface area contributed by atoms with Gasteiger partial charge in [0.05, 0.1) is 28.2 Å². The summed E-state index contributed by atoms with van der Waals surface area (Å²) in [5, 5.41) is 14.3. The number of carbonyl (C=O) groups is 3. The summed E-state index contributed by atoms with van der Waals surface area (Å²) in [7, 11) is 0. The number of carbonyl (C=O) groups excluding carboxylic acids is 3. The molecule has 1 saturated carbocycles. The number of fused-ring (bicyclic) bond motifs is 1. The van der Waals surface area contributed by atoms with E-state index in [9.17, 15) is 14.4 Å². The number of anilines is 1. The summed E-state index contributed by atoms with van der Waals surface area (Å²) in [6.45, 7) is 5.80. The number of hydrogen-bond donors (Lipinski definition) is 4. The van der Waals surface area contributed by atoms with Gasteiger partial charge in [-0.05, 0) is 76.8 Å². The Morgan fingerprint density at radius 2 is 1.76 bits per heavy atom. The van der Waals surface area contributed by atoms with Gasteiger partial charge in [-0.1, -0.05) is 0 Å². The van der Waals surface area contributed by atoms with E-state index >= 15 is 0 Å². The van der Waals surface area contributed by atoms with E-state index < -0.39 is 11.4 Å². The second kappa shape index (κ2) is 9.92. The van der Waals surface area contributed by atoms with Gasteiger partial charge in [0.15, 0.2) is 0 Å². The molecule has 10 nitrogen and oxygen atoms in total. The molecule has 0 unspecified atom stereocenters. The number of primary amides is 1. The lowest BCUT2D eigenvalue weighted by Crippen LogP contribution is -2.49. The molecule has 5 rings (SSSR count). The molecule has 1 aromatic carbocycles. The molecule has 38 heavy (non-hydrogen) atoms. The summed E-state index contributed by atoms with van der Waals surface area (Å²) in [6.07, 6.45) is 7.13. The SMILES string of the molecule is Cc1nn(-c2ccc(C(N)=O)c(NC3CCC(NC(=O)c4ccncc4)CC3)c2)c2c1C(=O)NC(C)(C)C2. The molecule has 0 radical (unpaired) electrons. The minimum atomic E-state index is -0.517. The van der Waals surface area contributed by atoms with Crippen LogP contribution in [0.3, 0.4) is 0 Å². The second-order valence-electron chi connectivity index (χ2n) is 10.8. The van der Waals surface area contributed by atoms with Crippen LogP contribution in [0.25, 0.3) is 5.69 Å². The Morgan fingerprint density at radius 1 is 1.08 bits per heavy atom. The van der Waals surface area contributed by atoms with Crippen molar-refractivity contribution < 1.29 is 14.4 Å². The van der Waals surface area contributed by atoms with Gasteiger partial charge in [-0.15, -0.1) is 0 Å². The molecule has 1 fully saturated rings. The number of hydrogen-bond acceptors (Lipinski definition) is 6. The van der Waals surface area contributed by atoms with E-state index in [-0.39, 0.29) is 23.9 Å². The third-order valence-electron chi connectivity index (χ3n) is 7.32. The maximum Gasteiger partial charge on any atom is 0.255 e. The first-order valence-electron chi connectivity index (χ1n) is 12.9. The maximum absolute atomic E-state index is 12.7. The lowest BCUT2D eigenvalue weighted by Gasteiger charge is -2.32. The minimum Gasteiger partial charge on any atom is -0.382 e. The highest BCUT2D eigenvalue weighted by molar-refractivity contribution is 6.00. The van der Waals surface area contributed by atoms with Crippen molar-refractivity contribution in [2.45, 2.75) is 70.5 Å². The molecule has 0 atom stereocenters. The molecule has 10 heteroatoms. The molecule has 1 aliphatic heterocycles. The highest BCUT2D eigenvalue weighted by Gasteiger charge is 2.35. The molecule has 1 aliphatic carbocycles. The number of amides is 3. The summed E-state index contributed by atoms with van der Waals surface area (Å²) in [6, 6.07) is 9.00. The number of pyridine rings is 1. The molecule has 3 amide bonds. The van der Waals surface area contributed by atoms with Gasteiger partial charge >= 0.3 is 0 Å². The smallest absolute Gasteiger partial charge is 0.255 e. The van der Waals surface area contributed by atoms with E-state index in [0.717, 1.165) is 37.1 Å². The van der Waals surface area contributed by atoms with Crippen molar-refractivity contribution in [3.05, 3.63) is 70.8 Å². The number of rotatable bonds is 6. The monoisotopic (exact) mass is 515 g/mol. The van der Waals surface area contributed by atoms with Crippen molar-refractivity contribution in [2.24, 2.45) is 5.73 Å². The van der Waals surface area contributed by atoms with Crippen LogP contribution in [0.2, 0.25) is 0 Å². The molecule has 3 heterocycles. The number of nitrogens with one attached hydrogen (secondary N) is 3. The summed E-state index contributed by atoms with van der Waals surface area (Å²) in [4.78, 5) is 41.4. The van der Waals surface area contributed by atoms with Crippen molar-refractivity contribution in [1.82, 2.24) is 25.4 Å². The Kier molecular flexibility index (Phi) is 6.64. The van der Waals surface area contributed by atoms with Crippen LogP contribution < -0.4 is 21.7 Å². The van der Waals surface area contributed by atoms with Gasteiger partial charge in [0.25, 0.3) is 17.7 Å². The Labute approximate surface area is 221 Å². The van der Waals surface area contributed by atoms with Crippen LogP contribution in [0.1, 0.15) is 82.0 Å². The van der Waals surface area contributed by atoms with E-state index in [1.807, 2.05) is 32.9 Å². The van der Waals surface area contributed by atoms with Crippen LogP contribution in [0.4, 0.5) is 5.69 Å². The minimum absolute atomic E-state index is 0.0868. The fraction of sp³-hybridized carbons (Fsp3) is 0.393. The Hall–Kier alpha value is -4.21. The van der Waals surface area contributed by atoms with Crippen molar-refractivity contribution in [3.63, 3.8) is 0 Å². The first-order chi connectivity index (χ1) is 18.1. The summed E-state index contributed by atoms with van der Waals surface area (Å²) in [5.41, 5.74) is 9.81. The third kappa shape index (κ3) is 5.11. The number of aryl methyl sites for hydroxylation is 1. The predicted molar refractivity (Wildman–Crippen MR) is 143 cm³/mol. The normalized spacial score (nSPS) is 20.2. The van der Waals surface area contributed by atoms with E-state index in [1.165, 1.54) is 0 Å². The van der Waals surface area contributed by atoms with Gasteiger partial charge in [-0.3, -0.25) is 19.4 Å². The lowest BCUT2D eigenvalue weighted by atomic mass is 9.90. The van der Waals surface area contributed by atoms with Crippen LogP contribution >= 0.6 is 0 Å². The molecular weight excluding hydrogens is 482 g/mol. The molecule has 198 valence electrons. The average molecular weight is 516 g/mol. The molecule has 0 saturated heterocycles. The highest BCUT2D eigenvalue weighted by atomic mass is 16.2. The molecule has 2 aliphatic rings. The van der Waals surface area contributed by atoms with Gasteiger partial charge < -0.3 is 21.7 Å². The first kappa shape index (κ1) is 25.4. The zero-order valence-electron chi connectivity index (χ0n) is 21.9. The van der Waals surface area contributed by atoms with Gasteiger partial charge in [0.2, 0.25) is 0 Å². The topological polar surface area (TPSA) is 144 Å². The zero-order chi connectivity index (χ0) is 27.0. The summed E-state index contributed by atoms with van der Waals surface area (Å²) < 4.78 is 1.80. The Balaban J connectivity index is 1.33. The van der Waals surface area contributed by atoms with Crippen molar-refractivity contribution in [2.75, 3.05) is 5.32 Å². The van der Waals surface area contributed by atoms with Gasteiger partial charge in [-0.25, -0.2) is 4.68 Å². The summed E-state index contributed by atoms with van der Waals surface area (Å²) >= 11 is 0. The third-order valence-corrected chi connectivity index (χ3v) is 7.32. The fourth-order valence-corrected chi connectivity index (χ4v) is 5.45. The largest absolute Gasteiger partial charge is 0.382 e. The molecule has 0 bridgehead atoms. The lowest BCUT2D eigenvalue weighted by molar-refractivity contribution is 0.0892. The molecule has 2 aromatic heterocycles. The standard InChI is InChI=1S/C28H33N7O3/c1-16-24-23(15-28(2,3)33-27(24)38)35(34-16)20-8-9-21(25(29)36)22(14-20)31-18-4-6-19(7-5-18)32-26(37)17-10-12-30-13-11-17/h8-14,18-19,31H,4-7,15H2,1-3H3,(H2,29,36)(H,32,37)(H,33,38). The summed E-state index contributed by atoms with van der Waals surface area (Å²) in [5.74, 6) is -0.737. The van der Waals surface area contributed by atoms with Crippen molar-refractivity contribution in [3.8, 4) is 5.69 Å². The fourth-order valence-electron chi connectivity index (χ4n) is 5.45. The Morgan fingerprint density at radius 3 is 2.45 bits per heavy atom. The zero-order valence-corrected chi connectivity index (χ0v) is 21.9. The average Bonchev–Trinajstić information content (AvgIpc) is 3.20. The van der Waals surface area contributed by atoms with Crippen LogP contribution in [-0.4, -0.2) is 50.1 Å². The first-order valence-corrected chi connectivity index (χ1v) is 12.9. The van der Waals surface area contributed by atoms with Gasteiger partial charge in [0.1, 0.15) is 0 Å². The quantitative estimate of drug-likeness (QED) is 0.397. The molecule has 3 aromatic rings. The number of benzene rings is 1.